The van der Waals surface area contributed by atoms with E-state index in [-0.39, 0.29) is 0 Å². The van der Waals surface area contributed by atoms with Gasteiger partial charge in [0, 0.05) is 33.4 Å². The van der Waals surface area contributed by atoms with Gasteiger partial charge in [0.1, 0.15) is 0 Å². The standard InChI is InChI=1S/C10H14N2S2/c1-7(5-11)12-6-8-4-10-9(14-8)2-3-13-10/h2-4,7,12H,5-6,11H2,1H3. The Morgan fingerprint density at radius 1 is 1.50 bits per heavy atom. The topological polar surface area (TPSA) is 38.0 Å². The Balaban J connectivity index is 2.01. The molecule has 1 atom stereocenters. The minimum Gasteiger partial charge on any atom is -0.329 e. The predicted octanol–water partition coefficient (Wildman–Crippen LogP) is 2.40. The van der Waals surface area contributed by atoms with E-state index in [0.29, 0.717) is 12.6 Å². The Hall–Kier alpha value is -0.420. The van der Waals surface area contributed by atoms with E-state index < -0.39 is 0 Å². The van der Waals surface area contributed by atoms with Gasteiger partial charge < -0.3 is 11.1 Å². The number of nitrogens with two attached hydrogens (primary N) is 1. The van der Waals surface area contributed by atoms with Crippen molar-refractivity contribution in [3.8, 4) is 0 Å². The maximum atomic E-state index is 5.53. The van der Waals surface area contributed by atoms with Crippen molar-refractivity contribution >= 4 is 32.1 Å². The number of nitrogens with one attached hydrogen (secondary N) is 1. The van der Waals surface area contributed by atoms with Crippen molar-refractivity contribution in [2.75, 3.05) is 6.54 Å². The molecular formula is C10H14N2S2. The molecule has 14 heavy (non-hydrogen) atoms. The first kappa shape index (κ1) is 10.1. The summed E-state index contributed by atoms with van der Waals surface area (Å²) in [6.07, 6.45) is 0. The molecule has 0 spiro atoms. The summed E-state index contributed by atoms with van der Waals surface area (Å²) in [7, 11) is 0. The van der Waals surface area contributed by atoms with Crippen molar-refractivity contribution in [3.63, 3.8) is 0 Å². The molecule has 0 aliphatic heterocycles. The zero-order chi connectivity index (χ0) is 9.97. The van der Waals surface area contributed by atoms with E-state index in [2.05, 4.69) is 29.8 Å². The third-order valence-corrected chi connectivity index (χ3v) is 4.26. The average Bonchev–Trinajstić information content (AvgIpc) is 2.73. The first-order valence-corrected chi connectivity index (χ1v) is 6.38. The van der Waals surface area contributed by atoms with Crippen molar-refractivity contribution in [2.45, 2.75) is 19.5 Å². The highest BCUT2D eigenvalue weighted by atomic mass is 32.1. The SMILES string of the molecule is CC(CN)NCc1cc2sccc2s1. The molecule has 0 aliphatic carbocycles. The van der Waals surface area contributed by atoms with E-state index in [1.54, 1.807) is 11.3 Å². The fraction of sp³-hybridized carbons (Fsp3) is 0.400. The molecule has 0 saturated carbocycles. The lowest BCUT2D eigenvalue weighted by molar-refractivity contribution is 0.560. The minimum absolute atomic E-state index is 0.398. The molecule has 2 nitrogen and oxygen atoms in total. The largest absolute Gasteiger partial charge is 0.329 e. The lowest BCUT2D eigenvalue weighted by Gasteiger charge is -2.08. The smallest absolute Gasteiger partial charge is 0.0453 e. The van der Waals surface area contributed by atoms with E-state index in [1.807, 2.05) is 11.3 Å². The van der Waals surface area contributed by atoms with Gasteiger partial charge in [-0.15, -0.1) is 22.7 Å². The van der Waals surface area contributed by atoms with Gasteiger partial charge in [-0.05, 0) is 24.4 Å². The summed E-state index contributed by atoms with van der Waals surface area (Å²) in [5.74, 6) is 0. The second-order valence-corrected chi connectivity index (χ2v) is 5.50. The highest BCUT2D eigenvalue weighted by molar-refractivity contribution is 7.26. The molecule has 0 bridgehead atoms. The van der Waals surface area contributed by atoms with Crippen LogP contribution in [0.5, 0.6) is 0 Å². The maximum Gasteiger partial charge on any atom is 0.0453 e. The number of rotatable bonds is 4. The second-order valence-electron chi connectivity index (χ2n) is 3.38. The first-order valence-electron chi connectivity index (χ1n) is 4.69. The molecule has 2 heterocycles. The van der Waals surface area contributed by atoms with Crippen molar-refractivity contribution in [2.24, 2.45) is 5.73 Å². The van der Waals surface area contributed by atoms with Crippen molar-refractivity contribution in [1.82, 2.24) is 5.32 Å². The lowest BCUT2D eigenvalue weighted by atomic mass is 10.3. The fourth-order valence-corrected chi connectivity index (χ4v) is 3.35. The average molecular weight is 226 g/mol. The number of hydrogen-bond donors (Lipinski definition) is 2. The van der Waals surface area contributed by atoms with Crippen LogP contribution in [-0.4, -0.2) is 12.6 Å². The van der Waals surface area contributed by atoms with Crippen LogP contribution in [0.3, 0.4) is 0 Å². The van der Waals surface area contributed by atoms with E-state index in [0.717, 1.165) is 6.54 Å². The Labute approximate surface area is 91.7 Å². The molecule has 2 rings (SSSR count). The molecule has 0 amide bonds. The molecule has 3 N–H and O–H groups in total. The van der Waals surface area contributed by atoms with E-state index in [9.17, 15) is 0 Å². The predicted molar refractivity (Wildman–Crippen MR) is 65.1 cm³/mol. The summed E-state index contributed by atoms with van der Waals surface area (Å²) in [5.41, 5.74) is 5.53. The van der Waals surface area contributed by atoms with Crippen LogP contribution in [0.4, 0.5) is 0 Å². The molecular weight excluding hydrogens is 212 g/mol. The Bertz CT molecular complexity index is 376. The van der Waals surface area contributed by atoms with Crippen LogP contribution in [0.1, 0.15) is 11.8 Å². The zero-order valence-corrected chi connectivity index (χ0v) is 9.75. The summed E-state index contributed by atoms with van der Waals surface area (Å²) in [5, 5.41) is 5.53. The third-order valence-electron chi connectivity index (χ3n) is 2.17. The van der Waals surface area contributed by atoms with Crippen LogP contribution < -0.4 is 11.1 Å². The van der Waals surface area contributed by atoms with Gasteiger partial charge in [0.15, 0.2) is 0 Å². The zero-order valence-electron chi connectivity index (χ0n) is 8.12. The second kappa shape index (κ2) is 4.40. The van der Waals surface area contributed by atoms with E-state index in [4.69, 9.17) is 5.73 Å². The van der Waals surface area contributed by atoms with Gasteiger partial charge in [-0.3, -0.25) is 0 Å². The highest BCUT2D eigenvalue weighted by Gasteiger charge is 2.03. The molecule has 2 aromatic heterocycles. The Morgan fingerprint density at radius 2 is 2.36 bits per heavy atom. The molecule has 1 unspecified atom stereocenters. The molecule has 0 aliphatic rings. The van der Waals surface area contributed by atoms with Gasteiger partial charge in [-0.2, -0.15) is 0 Å². The monoisotopic (exact) mass is 226 g/mol. The van der Waals surface area contributed by atoms with Gasteiger partial charge in [0.2, 0.25) is 0 Å². The number of hydrogen-bond acceptors (Lipinski definition) is 4. The molecule has 0 fully saturated rings. The van der Waals surface area contributed by atoms with Crippen LogP contribution in [0.25, 0.3) is 9.40 Å². The lowest BCUT2D eigenvalue weighted by Crippen LogP contribution is -2.32. The summed E-state index contributed by atoms with van der Waals surface area (Å²) < 4.78 is 2.79. The summed E-state index contributed by atoms with van der Waals surface area (Å²) in [6, 6.07) is 4.84. The molecule has 4 heteroatoms. The van der Waals surface area contributed by atoms with E-state index >= 15 is 0 Å². The van der Waals surface area contributed by atoms with Gasteiger partial charge in [-0.1, -0.05) is 0 Å². The van der Waals surface area contributed by atoms with Crippen LogP contribution in [0, 0.1) is 0 Å². The van der Waals surface area contributed by atoms with Gasteiger partial charge in [0.05, 0.1) is 0 Å². The van der Waals surface area contributed by atoms with Gasteiger partial charge >= 0.3 is 0 Å². The van der Waals surface area contributed by atoms with Crippen LogP contribution in [-0.2, 0) is 6.54 Å². The Kier molecular flexibility index (Phi) is 3.18. The summed E-state index contributed by atoms with van der Waals surface area (Å²) in [6.45, 7) is 3.74. The number of thiophene rings is 2. The molecule has 0 aromatic carbocycles. The van der Waals surface area contributed by atoms with Crippen LogP contribution in [0.15, 0.2) is 17.5 Å². The molecule has 76 valence electrons. The normalized spacial score (nSPS) is 13.6. The highest BCUT2D eigenvalue weighted by Crippen LogP contribution is 2.29. The summed E-state index contributed by atoms with van der Waals surface area (Å²) >= 11 is 3.67. The first-order chi connectivity index (χ1) is 6.79. The molecule has 0 radical (unpaired) electrons. The summed E-state index contributed by atoms with van der Waals surface area (Å²) in [4.78, 5) is 1.40. The third kappa shape index (κ3) is 2.15. The fourth-order valence-electron chi connectivity index (χ4n) is 1.26. The van der Waals surface area contributed by atoms with Crippen LogP contribution in [0.2, 0.25) is 0 Å². The van der Waals surface area contributed by atoms with Crippen molar-refractivity contribution in [1.29, 1.82) is 0 Å². The van der Waals surface area contributed by atoms with Gasteiger partial charge in [0.25, 0.3) is 0 Å². The van der Waals surface area contributed by atoms with Gasteiger partial charge in [-0.25, -0.2) is 0 Å². The van der Waals surface area contributed by atoms with Crippen molar-refractivity contribution in [3.05, 3.63) is 22.4 Å². The Morgan fingerprint density at radius 3 is 3.07 bits per heavy atom. The quantitative estimate of drug-likeness (QED) is 0.840. The van der Waals surface area contributed by atoms with Crippen LogP contribution >= 0.6 is 22.7 Å². The van der Waals surface area contributed by atoms with E-state index in [1.165, 1.54) is 14.3 Å². The maximum absolute atomic E-state index is 5.53. The molecule has 0 saturated heterocycles. The minimum atomic E-state index is 0.398. The number of fused-ring (bicyclic) bond motifs is 1. The van der Waals surface area contributed by atoms with Crippen molar-refractivity contribution < 1.29 is 0 Å². The molecule has 2 aromatic rings.